The predicted octanol–water partition coefficient (Wildman–Crippen LogP) is 4.54. The summed E-state index contributed by atoms with van der Waals surface area (Å²) in [7, 11) is 0. The molecule has 1 saturated heterocycles. The maximum Gasteiger partial charge on any atom is 0.251 e. The van der Waals surface area contributed by atoms with Gasteiger partial charge in [-0.1, -0.05) is 6.07 Å². The molecular weight excluding hydrogens is 490 g/mol. The Labute approximate surface area is 225 Å². The molecule has 2 aromatic carbocycles. The van der Waals surface area contributed by atoms with Crippen molar-refractivity contribution in [3.63, 3.8) is 0 Å². The molecule has 2 aliphatic rings. The Hall–Kier alpha value is -2.74. The molecule has 200 valence electrons. The first-order chi connectivity index (χ1) is 17.5. The van der Waals surface area contributed by atoms with Crippen molar-refractivity contribution < 1.29 is 14.2 Å². The molecule has 7 nitrogen and oxygen atoms in total. The molecule has 1 N–H and O–H groups in total. The van der Waals surface area contributed by atoms with Crippen molar-refractivity contribution in [3.05, 3.63) is 63.9 Å². The summed E-state index contributed by atoms with van der Waals surface area (Å²) in [5.41, 5.74) is 3.23. The lowest BCUT2D eigenvalue weighted by Crippen LogP contribution is -2.43. The van der Waals surface area contributed by atoms with E-state index in [0.29, 0.717) is 25.8 Å². The monoisotopic (exact) mass is 527 g/mol. The lowest BCUT2D eigenvalue weighted by Gasteiger charge is -2.32. The first kappa shape index (κ1) is 27.3. The summed E-state index contributed by atoms with van der Waals surface area (Å²) in [4.78, 5) is 15.4. The van der Waals surface area contributed by atoms with E-state index in [0.717, 1.165) is 72.7 Å². The fourth-order valence-corrected chi connectivity index (χ4v) is 5.17. The van der Waals surface area contributed by atoms with Crippen LogP contribution in [-0.4, -0.2) is 54.5 Å². The van der Waals surface area contributed by atoms with Crippen LogP contribution in [-0.2, 0) is 13.1 Å². The molecular formula is C29H38ClN3O4. The zero-order chi connectivity index (χ0) is 25.1. The molecule has 0 unspecified atom stereocenters. The van der Waals surface area contributed by atoms with E-state index in [9.17, 15) is 4.79 Å². The Balaban J connectivity index is 0.00000320. The van der Waals surface area contributed by atoms with Crippen LogP contribution < -0.4 is 25.1 Å². The Morgan fingerprint density at radius 2 is 1.76 bits per heavy atom. The predicted molar refractivity (Wildman–Crippen MR) is 150 cm³/mol. The van der Waals surface area contributed by atoms with Crippen molar-refractivity contribution in [2.75, 3.05) is 32.8 Å². The summed E-state index contributed by atoms with van der Waals surface area (Å²) in [6, 6.07) is 14.5. The van der Waals surface area contributed by atoms with Gasteiger partial charge in [0.15, 0.2) is 11.5 Å². The Kier molecular flexibility index (Phi) is 9.00. The van der Waals surface area contributed by atoms with Crippen LogP contribution in [0.2, 0.25) is 0 Å². The number of rotatable bonds is 8. The summed E-state index contributed by atoms with van der Waals surface area (Å²) >= 11 is 0. The third-order valence-electron chi connectivity index (χ3n) is 7.09. The highest BCUT2D eigenvalue weighted by molar-refractivity contribution is 5.85. The molecule has 5 rings (SSSR count). The second-order valence-corrected chi connectivity index (χ2v) is 10.1. The number of aryl methyl sites for hydroxylation is 1. The molecule has 0 aliphatic carbocycles. The number of hydrogen-bond acceptors (Lipinski definition) is 6. The first-order valence-corrected chi connectivity index (χ1v) is 13.1. The number of benzene rings is 2. The van der Waals surface area contributed by atoms with Crippen LogP contribution in [0.5, 0.6) is 17.2 Å². The lowest BCUT2D eigenvalue weighted by atomic mass is 10.0. The molecule has 37 heavy (non-hydrogen) atoms. The van der Waals surface area contributed by atoms with Crippen LogP contribution in [0.4, 0.5) is 0 Å². The smallest absolute Gasteiger partial charge is 0.251 e. The summed E-state index contributed by atoms with van der Waals surface area (Å²) in [5, 5.41) is 4.81. The molecule has 0 amide bonds. The van der Waals surface area contributed by atoms with Gasteiger partial charge in [-0.25, -0.2) is 0 Å². The number of hydrogen-bond donors (Lipinski definition) is 1. The van der Waals surface area contributed by atoms with Crippen LogP contribution in [0, 0.1) is 6.92 Å². The van der Waals surface area contributed by atoms with Crippen molar-refractivity contribution in [1.82, 2.24) is 14.8 Å². The molecule has 0 saturated carbocycles. The summed E-state index contributed by atoms with van der Waals surface area (Å²) in [5.74, 6) is 2.49. The largest absolute Gasteiger partial charge is 0.491 e. The maximum atomic E-state index is 12.9. The third-order valence-corrected chi connectivity index (χ3v) is 7.09. The van der Waals surface area contributed by atoms with Gasteiger partial charge in [-0.2, -0.15) is 0 Å². The van der Waals surface area contributed by atoms with Crippen molar-refractivity contribution in [1.29, 1.82) is 0 Å². The standard InChI is InChI=1S/C29H37N3O4.ClH/c1-20(2)36-24-5-6-25-21(3)16-29(33)32(26(25)18-24)13-12-31-10-8-23(9-11-31)30-19-22-4-7-27-28(17-22)35-15-14-34-27;/h4-7,16-18,20,23,30H,8-15,19H2,1-3H3;1H. The van der Waals surface area contributed by atoms with Crippen LogP contribution in [0.15, 0.2) is 47.3 Å². The fourth-order valence-electron chi connectivity index (χ4n) is 5.17. The van der Waals surface area contributed by atoms with Crippen molar-refractivity contribution >= 4 is 23.3 Å². The van der Waals surface area contributed by atoms with Crippen LogP contribution in [0.1, 0.15) is 37.8 Å². The van der Waals surface area contributed by atoms with Gasteiger partial charge in [-0.15, -0.1) is 12.4 Å². The van der Waals surface area contributed by atoms with Crippen LogP contribution >= 0.6 is 12.4 Å². The average molecular weight is 528 g/mol. The van der Waals surface area contributed by atoms with Gasteiger partial charge in [0.1, 0.15) is 19.0 Å². The zero-order valence-electron chi connectivity index (χ0n) is 22.0. The number of nitrogens with one attached hydrogen (secondary N) is 1. The molecule has 0 atom stereocenters. The summed E-state index contributed by atoms with van der Waals surface area (Å²) in [6.07, 6.45) is 2.29. The molecule has 0 spiro atoms. The first-order valence-electron chi connectivity index (χ1n) is 13.1. The Morgan fingerprint density at radius 3 is 2.51 bits per heavy atom. The average Bonchev–Trinajstić information content (AvgIpc) is 2.87. The molecule has 0 bridgehead atoms. The van der Waals surface area contributed by atoms with E-state index in [4.69, 9.17) is 14.2 Å². The van der Waals surface area contributed by atoms with E-state index >= 15 is 0 Å². The SMILES string of the molecule is Cc1cc(=O)n(CCN2CCC(NCc3ccc4c(c3)OCCO4)CC2)c2cc(OC(C)C)ccc12.Cl. The fraction of sp³-hybridized carbons (Fsp3) is 0.483. The van der Waals surface area contributed by atoms with Crippen molar-refractivity contribution in [2.45, 2.75) is 58.8 Å². The number of fused-ring (bicyclic) bond motifs is 2. The Morgan fingerprint density at radius 1 is 1.00 bits per heavy atom. The highest BCUT2D eigenvalue weighted by Crippen LogP contribution is 2.31. The van der Waals surface area contributed by atoms with Gasteiger partial charge in [-0.3, -0.25) is 4.79 Å². The normalized spacial score (nSPS) is 16.1. The van der Waals surface area contributed by atoms with E-state index in [-0.39, 0.29) is 24.1 Å². The molecule has 0 radical (unpaired) electrons. The number of piperidine rings is 1. The number of ether oxygens (including phenoxy) is 3. The van der Waals surface area contributed by atoms with E-state index in [1.807, 2.05) is 43.5 Å². The Bertz CT molecular complexity index is 1270. The third kappa shape index (κ3) is 6.58. The quantitative estimate of drug-likeness (QED) is 0.464. The zero-order valence-corrected chi connectivity index (χ0v) is 22.8. The van der Waals surface area contributed by atoms with Crippen molar-refractivity contribution in [2.24, 2.45) is 0 Å². The maximum absolute atomic E-state index is 12.9. The second-order valence-electron chi connectivity index (χ2n) is 10.1. The number of likely N-dealkylation sites (tertiary alicyclic amines) is 1. The number of halogens is 1. The molecule has 3 heterocycles. The van der Waals surface area contributed by atoms with Crippen molar-refractivity contribution in [3.8, 4) is 17.2 Å². The molecule has 3 aromatic rings. The number of nitrogens with zero attached hydrogens (tertiary/aromatic N) is 2. The second kappa shape index (κ2) is 12.2. The minimum atomic E-state index is 0. The van der Waals surface area contributed by atoms with Gasteiger partial charge < -0.3 is 29.0 Å². The number of pyridine rings is 1. The lowest BCUT2D eigenvalue weighted by molar-refractivity contribution is 0.171. The molecule has 1 aromatic heterocycles. The molecule has 8 heteroatoms. The minimum absolute atomic E-state index is 0. The van der Waals surface area contributed by atoms with Crippen LogP contribution in [0.3, 0.4) is 0 Å². The van der Waals surface area contributed by atoms with Gasteiger partial charge in [0.05, 0.1) is 11.6 Å². The van der Waals surface area contributed by atoms with E-state index < -0.39 is 0 Å². The molecule has 2 aliphatic heterocycles. The highest BCUT2D eigenvalue weighted by Gasteiger charge is 2.20. The highest BCUT2D eigenvalue weighted by atomic mass is 35.5. The van der Waals surface area contributed by atoms with E-state index in [1.165, 1.54) is 5.56 Å². The van der Waals surface area contributed by atoms with E-state index in [2.05, 4.69) is 28.4 Å². The van der Waals surface area contributed by atoms with E-state index in [1.54, 1.807) is 6.07 Å². The van der Waals surface area contributed by atoms with Gasteiger partial charge in [-0.05, 0) is 82.1 Å². The topological polar surface area (TPSA) is 65.0 Å². The number of aromatic nitrogens is 1. The summed E-state index contributed by atoms with van der Waals surface area (Å²) < 4.78 is 19.1. The van der Waals surface area contributed by atoms with Gasteiger partial charge >= 0.3 is 0 Å². The summed E-state index contributed by atoms with van der Waals surface area (Å²) in [6.45, 7) is 11.7. The van der Waals surface area contributed by atoms with Gasteiger partial charge in [0.25, 0.3) is 5.56 Å². The van der Waals surface area contributed by atoms with Gasteiger partial charge in [0.2, 0.25) is 0 Å². The molecule has 1 fully saturated rings. The minimum Gasteiger partial charge on any atom is -0.491 e. The van der Waals surface area contributed by atoms with Crippen LogP contribution in [0.25, 0.3) is 10.9 Å². The van der Waals surface area contributed by atoms with Gasteiger partial charge in [0, 0.05) is 43.2 Å².